The summed E-state index contributed by atoms with van der Waals surface area (Å²) in [5.41, 5.74) is 2.94. The monoisotopic (exact) mass is 479 g/mol. The molecule has 0 saturated carbocycles. The van der Waals surface area contributed by atoms with Crippen molar-refractivity contribution in [3.8, 4) is 11.5 Å². The fourth-order valence-corrected chi connectivity index (χ4v) is 4.01. The summed E-state index contributed by atoms with van der Waals surface area (Å²) in [4.78, 5) is 30.3. The number of nitrogens with one attached hydrogen (secondary N) is 1. The molecule has 0 unspecified atom stereocenters. The van der Waals surface area contributed by atoms with Crippen molar-refractivity contribution >= 4 is 16.9 Å². The van der Waals surface area contributed by atoms with Crippen molar-refractivity contribution < 1.29 is 9.53 Å². The van der Waals surface area contributed by atoms with Gasteiger partial charge in [-0.05, 0) is 36.8 Å². The zero-order valence-corrected chi connectivity index (χ0v) is 19.8. The fraction of sp³-hybridized carbons (Fsp3) is 0.143. The Morgan fingerprint density at radius 3 is 2.64 bits per heavy atom. The number of fused-ring (bicyclic) bond motifs is 1. The van der Waals surface area contributed by atoms with Crippen molar-refractivity contribution in [3.05, 3.63) is 118 Å². The van der Waals surface area contributed by atoms with Crippen molar-refractivity contribution in [2.24, 2.45) is 0 Å². The summed E-state index contributed by atoms with van der Waals surface area (Å²) in [6.45, 7) is 3.13. The first-order valence-electron chi connectivity index (χ1n) is 11.6. The molecule has 8 heteroatoms. The van der Waals surface area contributed by atoms with Gasteiger partial charge in [-0.2, -0.15) is 5.10 Å². The smallest absolute Gasteiger partial charge is 0.264 e. The van der Waals surface area contributed by atoms with E-state index in [0.29, 0.717) is 47.7 Å². The summed E-state index contributed by atoms with van der Waals surface area (Å²) < 4.78 is 9.09. The highest BCUT2D eigenvalue weighted by molar-refractivity contribution is 5.97. The van der Waals surface area contributed by atoms with Gasteiger partial charge in [0.25, 0.3) is 11.5 Å². The highest BCUT2D eigenvalue weighted by Crippen LogP contribution is 2.24. The van der Waals surface area contributed by atoms with Gasteiger partial charge in [-0.15, -0.1) is 0 Å². The Morgan fingerprint density at radius 1 is 1.00 bits per heavy atom. The Morgan fingerprint density at radius 2 is 1.81 bits per heavy atom. The van der Waals surface area contributed by atoms with E-state index in [1.807, 2.05) is 67.6 Å². The van der Waals surface area contributed by atoms with Gasteiger partial charge in [0.2, 0.25) is 0 Å². The van der Waals surface area contributed by atoms with E-state index < -0.39 is 0 Å². The van der Waals surface area contributed by atoms with E-state index in [9.17, 15) is 9.59 Å². The van der Waals surface area contributed by atoms with Crippen LogP contribution in [0.1, 0.15) is 21.5 Å². The lowest BCUT2D eigenvalue weighted by molar-refractivity contribution is 0.0949. The van der Waals surface area contributed by atoms with Crippen molar-refractivity contribution in [1.29, 1.82) is 0 Å². The molecule has 5 rings (SSSR count). The molecule has 0 fully saturated rings. The van der Waals surface area contributed by atoms with E-state index >= 15 is 0 Å². The maximum Gasteiger partial charge on any atom is 0.264 e. The summed E-state index contributed by atoms with van der Waals surface area (Å²) >= 11 is 0. The second kappa shape index (κ2) is 10.3. The third kappa shape index (κ3) is 5.02. The minimum Gasteiger partial charge on any atom is -0.457 e. The minimum atomic E-state index is -0.258. The molecular formula is C28H25N5O3. The van der Waals surface area contributed by atoms with Crippen LogP contribution in [0.4, 0.5) is 0 Å². The number of hydrogen-bond donors (Lipinski definition) is 1. The number of aryl methyl sites for hydroxylation is 1. The van der Waals surface area contributed by atoms with E-state index in [4.69, 9.17) is 4.74 Å². The van der Waals surface area contributed by atoms with Crippen LogP contribution in [0.15, 0.2) is 96.2 Å². The highest BCUT2D eigenvalue weighted by Gasteiger charge is 2.14. The van der Waals surface area contributed by atoms with Gasteiger partial charge in [-0.25, -0.2) is 9.67 Å². The number of carbonyl (C=O) groups is 1. The number of ether oxygens (including phenoxy) is 1. The van der Waals surface area contributed by atoms with E-state index in [-0.39, 0.29) is 11.5 Å². The molecule has 8 nitrogen and oxygen atoms in total. The summed E-state index contributed by atoms with van der Waals surface area (Å²) in [5, 5.41) is 7.67. The zero-order chi connectivity index (χ0) is 24.9. The van der Waals surface area contributed by atoms with Crippen LogP contribution in [0.5, 0.6) is 11.5 Å². The Balaban J connectivity index is 1.26. The fourth-order valence-electron chi connectivity index (χ4n) is 4.01. The van der Waals surface area contributed by atoms with Crippen LogP contribution in [0, 0.1) is 6.92 Å². The number of benzene rings is 3. The van der Waals surface area contributed by atoms with Crippen LogP contribution in [-0.4, -0.2) is 31.8 Å². The third-order valence-corrected chi connectivity index (χ3v) is 5.77. The maximum atomic E-state index is 13.0. The molecule has 2 aromatic heterocycles. The average Bonchev–Trinajstić information content (AvgIpc) is 3.30. The largest absolute Gasteiger partial charge is 0.457 e. The van der Waals surface area contributed by atoms with E-state index in [1.165, 1.54) is 6.20 Å². The van der Waals surface area contributed by atoms with Gasteiger partial charge in [0.1, 0.15) is 23.2 Å². The molecule has 1 amide bonds. The van der Waals surface area contributed by atoms with Crippen molar-refractivity contribution in [2.45, 2.75) is 20.0 Å². The first-order chi connectivity index (χ1) is 17.6. The van der Waals surface area contributed by atoms with Gasteiger partial charge >= 0.3 is 0 Å². The van der Waals surface area contributed by atoms with Gasteiger partial charge in [-0.1, -0.05) is 60.2 Å². The number of amides is 1. The topological polar surface area (TPSA) is 91.0 Å². The van der Waals surface area contributed by atoms with Gasteiger partial charge < -0.3 is 10.1 Å². The lowest BCUT2D eigenvalue weighted by Crippen LogP contribution is -2.28. The lowest BCUT2D eigenvalue weighted by Gasteiger charge is -2.11. The summed E-state index contributed by atoms with van der Waals surface area (Å²) in [7, 11) is 0. The Kier molecular flexibility index (Phi) is 6.57. The number of carbonyl (C=O) groups excluding carboxylic acids is 1. The predicted molar refractivity (Wildman–Crippen MR) is 137 cm³/mol. The molecule has 36 heavy (non-hydrogen) atoms. The number of nitrogens with zero attached hydrogens (tertiary/aromatic N) is 4. The summed E-state index contributed by atoms with van der Waals surface area (Å²) in [6.07, 6.45) is 3.07. The van der Waals surface area contributed by atoms with Gasteiger partial charge in [0, 0.05) is 6.54 Å². The molecule has 0 bridgehead atoms. The number of aromatic nitrogens is 4. The molecular weight excluding hydrogens is 454 g/mol. The average molecular weight is 480 g/mol. The third-order valence-electron chi connectivity index (χ3n) is 5.77. The molecule has 0 radical (unpaired) electrons. The zero-order valence-electron chi connectivity index (χ0n) is 19.8. The van der Waals surface area contributed by atoms with Crippen LogP contribution in [0.3, 0.4) is 0 Å². The van der Waals surface area contributed by atoms with Crippen molar-refractivity contribution in [2.75, 3.05) is 6.54 Å². The Labute approximate surface area is 207 Å². The molecule has 180 valence electrons. The number of para-hydroxylation sites is 2. The molecule has 2 heterocycles. The van der Waals surface area contributed by atoms with Crippen LogP contribution in [-0.2, 0) is 13.1 Å². The molecule has 0 aliphatic rings. The van der Waals surface area contributed by atoms with E-state index in [0.717, 1.165) is 11.1 Å². The molecule has 5 aromatic rings. The van der Waals surface area contributed by atoms with Crippen LogP contribution in [0.25, 0.3) is 11.0 Å². The number of hydrogen-bond acceptors (Lipinski definition) is 5. The molecule has 0 spiro atoms. The Hall–Kier alpha value is -4.72. The van der Waals surface area contributed by atoms with Crippen LogP contribution < -0.4 is 15.6 Å². The second-order valence-electron chi connectivity index (χ2n) is 8.44. The molecule has 0 saturated heterocycles. The van der Waals surface area contributed by atoms with Crippen LogP contribution in [0.2, 0.25) is 0 Å². The quantitative estimate of drug-likeness (QED) is 0.361. The van der Waals surface area contributed by atoms with Gasteiger partial charge in [-0.3, -0.25) is 14.2 Å². The SMILES string of the molecule is Cc1cccc(Cn2cnc3c(cnn3CCNC(=O)c3ccccc3Oc3ccccc3)c2=O)c1. The molecule has 0 atom stereocenters. The lowest BCUT2D eigenvalue weighted by atomic mass is 10.1. The summed E-state index contributed by atoms with van der Waals surface area (Å²) in [5.74, 6) is 0.868. The highest BCUT2D eigenvalue weighted by atomic mass is 16.5. The van der Waals surface area contributed by atoms with Gasteiger partial charge in [0.05, 0.1) is 24.8 Å². The van der Waals surface area contributed by atoms with E-state index in [1.54, 1.807) is 33.8 Å². The Bertz CT molecular complexity index is 1570. The minimum absolute atomic E-state index is 0.149. The molecule has 0 aliphatic heterocycles. The van der Waals surface area contributed by atoms with E-state index in [2.05, 4.69) is 15.4 Å². The maximum absolute atomic E-state index is 13.0. The van der Waals surface area contributed by atoms with Crippen molar-refractivity contribution in [1.82, 2.24) is 24.6 Å². The predicted octanol–water partition coefficient (Wildman–Crippen LogP) is 4.17. The standard InChI is InChI=1S/C28H25N5O3/c1-20-8-7-9-21(16-20)18-32-19-30-26-24(28(32)35)17-31-33(26)15-14-29-27(34)23-12-5-6-13-25(23)36-22-10-3-2-4-11-22/h2-13,16-17,19H,14-15,18H2,1H3,(H,29,34). The first kappa shape index (κ1) is 23.0. The normalized spacial score (nSPS) is 10.9. The summed E-state index contributed by atoms with van der Waals surface area (Å²) in [6, 6.07) is 24.4. The van der Waals surface area contributed by atoms with Gasteiger partial charge in [0.15, 0.2) is 5.65 Å². The molecule has 0 aliphatic carbocycles. The molecule has 3 aromatic carbocycles. The number of rotatable bonds is 8. The first-order valence-corrected chi connectivity index (χ1v) is 11.6. The second-order valence-corrected chi connectivity index (χ2v) is 8.44. The molecule has 1 N–H and O–H groups in total. The van der Waals surface area contributed by atoms with Crippen molar-refractivity contribution in [3.63, 3.8) is 0 Å². The van der Waals surface area contributed by atoms with Crippen LogP contribution >= 0.6 is 0 Å².